The van der Waals surface area contributed by atoms with Crippen molar-refractivity contribution in [1.82, 2.24) is 9.36 Å². The molecule has 2 N–H and O–H groups in total. The van der Waals surface area contributed by atoms with Gasteiger partial charge in [0.05, 0.1) is 18.7 Å². The first-order valence-electron chi connectivity index (χ1n) is 7.24. The number of allylic oxidation sites excluding steroid dienone is 2. The number of anilines is 1. The minimum absolute atomic E-state index is 0.135. The lowest BCUT2D eigenvalue weighted by Gasteiger charge is -2.20. The van der Waals surface area contributed by atoms with E-state index < -0.39 is 0 Å². The number of hydrogen-bond acceptors (Lipinski definition) is 6. The number of ether oxygens (including phenoxy) is 1. The Morgan fingerprint density at radius 1 is 1.27 bits per heavy atom. The SMILES string of the molecule is Nc1c(N=C2C=C3OCCN=C3CC2=O)c(=O)n2n1CCC2. The van der Waals surface area contributed by atoms with Gasteiger partial charge in [0.15, 0.2) is 17.3 Å². The van der Waals surface area contributed by atoms with Gasteiger partial charge in [0.2, 0.25) is 0 Å². The average Bonchev–Trinajstić information content (AvgIpc) is 3.08. The molecule has 22 heavy (non-hydrogen) atoms. The van der Waals surface area contributed by atoms with Crippen molar-refractivity contribution >= 4 is 28.7 Å². The topological polar surface area (TPSA) is 104 Å². The number of rotatable bonds is 1. The molecule has 0 spiro atoms. The van der Waals surface area contributed by atoms with Gasteiger partial charge < -0.3 is 10.5 Å². The smallest absolute Gasteiger partial charge is 0.294 e. The third kappa shape index (κ3) is 1.83. The van der Waals surface area contributed by atoms with Crippen molar-refractivity contribution in [3.63, 3.8) is 0 Å². The fraction of sp³-hybridized carbons (Fsp3) is 0.429. The Hall–Kier alpha value is -2.64. The fourth-order valence-electron chi connectivity index (χ4n) is 2.96. The number of aromatic nitrogens is 2. The second kappa shape index (κ2) is 4.69. The largest absolute Gasteiger partial charge is 0.490 e. The molecular weight excluding hydrogens is 286 g/mol. The van der Waals surface area contributed by atoms with E-state index >= 15 is 0 Å². The number of hydrogen-bond donors (Lipinski definition) is 1. The van der Waals surface area contributed by atoms with E-state index in [1.54, 1.807) is 15.4 Å². The molecule has 8 heteroatoms. The number of nitrogens with zero attached hydrogens (tertiary/aromatic N) is 4. The van der Waals surface area contributed by atoms with Gasteiger partial charge in [-0.2, -0.15) is 0 Å². The van der Waals surface area contributed by atoms with Crippen molar-refractivity contribution in [2.24, 2.45) is 9.98 Å². The molecule has 0 unspecified atom stereocenters. The molecule has 4 rings (SSSR count). The lowest BCUT2D eigenvalue weighted by molar-refractivity contribution is -0.112. The molecule has 0 radical (unpaired) electrons. The summed E-state index contributed by atoms with van der Waals surface area (Å²) in [5.41, 5.74) is 6.73. The highest BCUT2D eigenvalue weighted by Gasteiger charge is 2.28. The maximum absolute atomic E-state index is 12.3. The summed E-state index contributed by atoms with van der Waals surface area (Å²) >= 11 is 0. The molecule has 0 saturated heterocycles. The molecule has 1 aromatic heterocycles. The van der Waals surface area contributed by atoms with Crippen LogP contribution in [0.3, 0.4) is 0 Å². The van der Waals surface area contributed by atoms with E-state index in [9.17, 15) is 9.59 Å². The van der Waals surface area contributed by atoms with Crippen LogP contribution in [-0.2, 0) is 22.6 Å². The number of nitrogens with two attached hydrogens (primary N) is 1. The van der Waals surface area contributed by atoms with Crippen LogP contribution in [0.15, 0.2) is 26.6 Å². The number of nitrogen functional groups attached to an aromatic ring is 1. The lowest BCUT2D eigenvalue weighted by atomic mass is 10.00. The molecule has 114 valence electrons. The van der Waals surface area contributed by atoms with Gasteiger partial charge in [0, 0.05) is 19.2 Å². The number of fused-ring (bicyclic) bond motifs is 2. The predicted octanol–water partition coefficient (Wildman–Crippen LogP) is 0.0361. The van der Waals surface area contributed by atoms with E-state index in [-0.39, 0.29) is 29.2 Å². The molecule has 0 atom stereocenters. The summed E-state index contributed by atoms with van der Waals surface area (Å²) in [6.07, 6.45) is 2.59. The molecule has 0 amide bonds. The fourth-order valence-corrected chi connectivity index (χ4v) is 2.96. The Labute approximate surface area is 125 Å². The van der Waals surface area contributed by atoms with Gasteiger partial charge in [0.1, 0.15) is 18.1 Å². The van der Waals surface area contributed by atoms with E-state index in [0.29, 0.717) is 43.5 Å². The molecule has 8 nitrogen and oxygen atoms in total. The van der Waals surface area contributed by atoms with Gasteiger partial charge in [-0.1, -0.05) is 0 Å². The van der Waals surface area contributed by atoms with Crippen molar-refractivity contribution in [2.75, 3.05) is 18.9 Å². The predicted molar refractivity (Wildman–Crippen MR) is 80.8 cm³/mol. The summed E-state index contributed by atoms with van der Waals surface area (Å²) in [5, 5.41) is 0. The summed E-state index contributed by atoms with van der Waals surface area (Å²) in [7, 11) is 0. The molecule has 1 aliphatic carbocycles. The average molecular weight is 301 g/mol. The third-order valence-corrected chi connectivity index (χ3v) is 4.04. The Kier molecular flexibility index (Phi) is 2.78. The van der Waals surface area contributed by atoms with Gasteiger partial charge in [-0.05, 0) is 6.42 Å². The molecular formula is C14H15N5O3. The molecule has 0 fully saturated rings. The van der Waals surface area contributed by atoms with Gasteiger partial charge in [-0.3, -0.25) is 19.3 Å². The monoisotopic (exact) mass is 301 g/mol. The van der Waals surface area contributed by atoms with Crippen molar-refractivity contribution in [3.8, 4) is 0 Å². The van der Waals surface area contributed by atoms with Crippen LogP contribution in [0.25, 0.3) is 0 Å². The number of Topliss-reactive ketones (excluding diaryl/α,β-unsaturated/α-hetero) is 1. The van der Waals surface area contributed by atoms with Crippen molar-refractivity contribution in [2.45, 2.75) is 25.9 Å². The number of carbonyl (C=O) groups is 1. The molecule has 0 saturated carbocycles. The van der Waals surface area contributed by atoms with Gasteiger partial charge in [-0.25, -0.2) is 9.67 Å². The van der Waals surface area contributed by atoms with E-state index in [1.807, 2.05) is 0 Å². The Morgan fingerprint density at radius 3 is 2.91 bits per heavy atom. The molecule has 3 aliphatic rings. The first kappa shape index (κ1) is 13.1. The van der Waals surface area contributed by atoms with Gasteiger partial charge in [0.25, 0.3) is 5.56 Å². The molecule has 0 aromatic carbocycles. The first-order chi connectivity index (χ1) is 10.6. The van der Waals surface area contributed by atoms with Crippen LogP contribution in [0.2, 0.25) is 0 Å². The quantitative estimate of drug-likeness (QED) is 0.790. The minimum Gasteiger partial charge on any atom is -0.490 e. The van der Waals surface area contributed by atoms with Gasteiger partial charge in [-0.15, -0.1) is 0 Å². The van der Waals surface area contributed by atoms with Crippen LogP contribution < -0.4 is 11.3 Å². The number of aliphatic imine (C=N–C) groups is 2. The molecule has 1 aromatic rings. The highest BCUT2D eigenvalue weighted by atomic mass is 16.5. The summed E-state index contributed by atoms with van der Waals surface area (Å²) in [6.45, 7) is 2.37. The molecule has 3 heterocycles. The highest BCUT2D eigenvalue weighted by Crippen LogP contribution is 2.24. The second-order valence-electron chi connectivity index (χ2n) is 5.42. The van der Waals surface area contributed by atoms with E-state index in [4.69, 9.17) is 10.5 Å². The molecule has 0 bridgehead atoms. The standard InChI is InChI=1S/C14H15N5O3/c15-13-12(14(21)19-4-1-3-18(13)19)17-8-7-11-9(6-10(8)20)16-2-5-22-11/h7H,1-6,15H2. The lowest BCUT2D eigenvalue weighted by Crippen LogP contribution is -2.28. The van der Waals surface area contributed by atoms with E-state index in [1.165, 1.54) is 0 Å². The highest BCUT2D eigenvalue weighted by molar-refractivity contribution is 6.50. The Bertz CT molecular complexity index is 824. The summed E-state index contributed by atoms with van der Waals surface area (Å²) in [4.78, 5) is 33.0. The van der Waals surface area contributed by atoms with Crippen LogP contribution in [0.4, 0.5) is 11.5 Å². The zero-order chi connectivity index (χ0) is 15.3. The minimum atomic E-state index is -0.252. The van der Waals surface area contributed by atoms with Crippen LogP contribution in [-0.4, -0.2) is 39.7 Å². The van der Waals surface area contributed by atoms with E-state index in [2.05, 4.69) is 9.98 Å². The van der Waals surface area contributed by atoms with Crippen LogP contribution in [0.1, 0.15) is 12.8 Å². The van der Waals surface area contributed by atoms with Crippen molar-refractivity contribution in [3.05, 3.63) is 22.2 Å². The maximum atomic E-state index is 12.3. The van der Waals surface area contributed by atoms with Gasteiger partial charge >= 0.3 is 0 Å². The molecule has 2 aliphatic heterocycles. The second-order valence-corrected chi connectivity index (χ2v) is 5.42. The number of carbonyl (C=O) groups excluding carboxylic acids is 1. The third-order valence-electron chi connectivity index (χ3n) is 4.04. The van der Waals surface area contributed by atoms with Crippen LogP contribution in [0, 0.1) is 0 Å². The Balaban J connectivity index is 1.81. The van der Waals surface area contributed by atoms with Crippen molar-refractivity contribution < 1.29 is 9.53 Å². The number of ketones is 1. The van der Waals surface area contributed by atoms with Crippen LogP contribution in [0.5, 0.6) is 0 Å². The zero-order valence-electron chi connectivity index (χ0n) is 11.9. The van der Waals surface area contributed by atoms with E-state index in [0.717, 1.165) is 6.42 Å². The normalized spacial score (nSPS) is 22.0. The Morgan fingerprint density at radius 2 is 2.09 bits per heavy atom. The summed E-state index contributed by atoms with van der Waals surface area (Å²) < 4.78 is 8.78. The zero-order valence-corrected chi connectivity index (χ0v) is 11.9. The first-order valence-corrected chi connectivity index (χ1v) is 7.24. The summed E-state index contributed by atoms with van der Waals surface area (Å²) in [5.74, 6) is 0.698. The van der Waals surface area contributed by atoms with Crippen LogP contribution >= 0.6 is 0 Å². The van der Waals surface area contributed by atoms with Crippen molar-refractivity contribution in [1.29, 1.82) is 0 Å². The maximum Gasteiger partial charge on any atom is 0.294 e. The summed E-state index contributed by atoms with van der Waals surface area (Å²) in [6, 6.07) is 0.